The molecule has 0 radical (unpaired) electrons. The number of benzene rings is 2. The maximum Gasteiger partial charge on any atom is 0.331 e. The average molecular weight is 457 g/mol. The summed E-state index contributed by atoms with van der Waals surface area (Å²) in [4.78, 5) is 24.2. The van der Waals surface area contributed by atoms with Gasteiger partial charge < -0.3 is 18.9 Å². The summed E-state index contributed by atoms with van der Waals surface area (Å²) in [5.74, 6) is -0.0606. The van der Waals surface area contributed by atoms with E-state index in [0.717, 1.165) is 0 Å². The van der Waals surface area contributed by atoms with Crippen molar-refractivity contribution >= 4 is 29.6 Å². The van der Waals surface area contributed by atoms with E-state index in [1.54, 1.807) is 60.7 Å². The Labute approximate surface area is 192 Å². The molecule has 0 aromatic heterocycles. The lowest BCUT2D eigenvalue weighted by Gasteiger charge is -2.16. The molecule has 0 aliphatic rings. The van der Waals surface area contributed by atoms with Gasteiger partial charge in [-0.15, -0.1) is 0 Å². The summed E-state index contributed by atoms with van der Waals surface area (Å²) in [5, 5.41) is 0.534. The van der Waals surface area contributed by atoms with Gasteiger partial charge >= 0.3 is 11.9 Å². The largest absolute Gasteiger partial charge is 0.486 e. The van der Waals surface area contributed by atoms with E-state index in [-0.39, 0.29) is 6.42 Å². The third-order valence-corrected chi connectivity index (χ3v) is 4.42. The number of carbonyl (C=O) groups excluding carboxylic acids is 2. The zero-order valence-corrected chi connectivity index (χ0v) is 18.5. The standard InChI is InChI=1S/C25H25ClO6/c1-4-14-30-21-12-6-18(16-23(21)31-15-5-2)7-13-24(27)32-22(17-25(28)29-3)19-8-10-20(26)11-9-19/h4-13,16,22H,1-2,14-15,17H2,3H3/b13-7+. The van der Waals surface area contributed by atoms with Crippen LogP contribution in [0.2, 0.25) is 5.02 Å². The van der Waals surface area contributed by atoms with Crippen LogP contribution in [0.1, 0.15) is 23.7 Å². The van der Waals surface area contributed by atoms with Gasteiger partial charge in [0.05, 0.1) is 13.5 Å². The number of esters is 2. The minimum absolute atomic E-state index is 0.118. The van der Waals surface area contributed by atoms with Crippen LogP contribution in [0.4, 0.5) is 0 Å². The smallest absolute Gasteiger partial charge is 0.331 e. The molecule has 0 saturated carbocycles. The van der Waals surface area contributed by atoms with E-state index in [9.17, 15) is 9.59 Å². The molecule has 0 aliphatic carbocycles. The number of halogens is 1. The van der Waals surface area contributed by atoms with Gasteiger partial charge in [-0.25, -0.2) is 4.79 Å². The van der Waals surface area contributed by atoms with E-state index in [0.29, 0.717) is 40.9 Å². The molecule has 2 rings (SSSR count). The Hall–Kier alpha value is -3.51. The topological polar surface area (TPSA) is 71.1 Å². The van der Waals surface area contributed by atoms with E-state index in [1.807, 2.05) is 0 Å². The molecule has 7 heteroatoms. The minimum Gasteiger partial charge on any atom is -0.486 e. The molecule has 1 atom stereocenters. The SMILES string of the molecule is C=CCOc1ccc(/C=C/C(=O)OC(CC(=O)OC)c2ccc(Cl)cc2)cc1OCC=C. The Kier molecular flexibility index (Phi) is 10.1. The molecular weight excluding hydrogens is 432 g/mol. The van der Waals surface area contributed by atoms with Gasteiger partial charge in [0.25, 0.3) is 0 Å². The van der Waals surface area contributed by atoms with Crippen molar-refractivity contribution in [1.82, 2.24) is 0 Å². The maximum absolute atomic E-state index is 12.4. The van der Waals surface area contributed by atoms with Gasteiger partial charge in [0.15, 0.2) is 11.5 Å². The van der Waals surface area contributed by atoms with Gasteiger partial charge in [-0.1, -0.05) is 55.1 Å². The van der Waals surface area contributed by atoms with Crippen molar-refractivity contribution in [2.45, 2.75) is 12.5 Å². The quantitative estimate of drug-likeness (QED) is 0.244. The van der Waals surface area contributed by atoms with Gasteiger partial charge in [0.2, 0.25) is 0 Å². The Morgan fingerprint density at radius 1 is 1.00 bits per heavy atom. The summed E-state index contributed by atoms with van der Waals surface area (Å²) in [6.45, 7) is 7.90. The first-order valence-electron chi connectivity index (χ1n) is 9.79. The molecular formula is C25H25ClO6. The van der Waals surface area contributed by atoms with Crippen LogP contribution in [0.15, 0.2) is 73.9 Å². The van der Waals surface area contributed by atoms with E-state index < -0.39 is 18.0 Å². The second-order valence-corrected chi connectivity index (χ2v) is 6.93. The highest BCUT2D eigenvalue weighted by Gasteiger charge is 2.20. The Morgan fingerprint density at radius 2 is 1.66 bits per heavy atom. The Bertz CT molecular complexity index is 965. The number of methoxy groups -OCH3 is 1. The number of rotatable bonds is 12. The Morgan fingerprint density at radius 3 is 2.28 bits per heavy atom. The summed E-state index contributed by atoms with van der Waals surface area (Å²) in [6, 6.07) is 11.9. The molecule has 0 spiro atoms. The number of ether oxygens (including phenoxy) is 4. The van der Waals surface area contributed by atoms with Gasteiger partial charge in [-0.3, -0.25) is 4.79 Å². The van der Waals surface area contributed by atoms with Crippen molar-refractivity contribution in [2.24, 2.45) is 0 Å². The molecule has 6 nitrogen and oxygen atoms in total. The fourth-order valence-electron chi connectivity index (χ4n) is 2.64. The molecule has 32 heavy (non-hydrogen) atoms. The van der Waals surface area contributed by atoms with Gasteiger partial charge in [-0.05, 0) is 41.5 Å². The molecule has 0 N–H and O–H groups in total. The van der Waals surface area contributed by atoms with Gasteiger partial charge in [0.1, 0.15) is 19.3 Å². The number of hydrogen-bond acceptors (Lipinski definition) is 6. The highest BCUT2D eigenvalue weighted by Crippen LogP contribution is 2.29. The van der Waals surface area contributed by atoms with Crippen LogP contribution in [-0.2, 0) is 19.1 Å². The monoisotopic (exact) mass is 456 g/mol. The van der Waals surface area contributed by atoms with Crippen LogP contribution in [-0.4, -0.2) is 32.3 Å². The first kappa shape index (κ1) is 24.8. The molecule has 2 aromatic rings. The summed E-state index contributed by atoms with van der Waals surface area (Å²) in [6.07, 6.45) is 5.18. The van der Waals surface area contributed by atoms with Crippen molar-refractivity contribution in [2.75, 3.05) is 20.3 Å². The Balaban J connectivity index is 2.15. The summed E-state index contributed by atoms with van der Waals surface area (Å²) >= 11 is 5.92. The maximum atomic E-state index is 12.4. The minimum atomic E-state index is -0.807. The predicted octanol–water partition coefficient (Wildman–Crippen LogP) is 5.33. The van der Waals surface area contributed by atoms with E-state index in [1.165, 1.54) is 13.2 Å². The van der Waals surface area contributed by atoms with Crippen LogP contribution >= 0.6 is 11.6 Å². The molecule has 1 unspecified atom stereocenters. The molecule has 2 aromatic carbocycles. The normalized spacial score (nSPS) is 11.4. The van der Waals surface area contributed by atoms with Crippen LogP contribution in [0.25, 0.3) is 6.08 Å². The van der Waals surface area contributed by atoms with E-state index in [4.69, 9.17) is 30.5 Å². The summed E-state index contributed by atoms with van der Waals surface area (Å²) in [7, 11) is 1.28. The van der Waals surface area contributed by atoms with Crippen molar-refractivity contribution in [1.29, 1.82) is 0 Å². The highest BCUT2D eigenvalue weighted by molar-refractivity contribution is 6.30. The van der Waals surface area contributed by atoms with Crippen LogP contribution in [0.5, 0.6) is 11.5 Å². The lowest BCUT2D eigenvalue weighted by Crippen LogP contribution is -2.14. The predicted molar refractivity (Wildman–Crippen MR) is 124 cm³/mol. The second kappa shape index (κ2) is 13.0. The third kappa shape index (κ3) is 7.96. The zero-order chi connectivity index (χ0) is 23.3. The van der Waals surface area contributed by atoms with Crippen LogP contribution in [0, 0.1) is 0 Å². The van der Waals surface area contributed by atoms with Gasteiger partial charge in [-0.2, -0.15) is 0 Å². The molecule has 0 saturated heterocycles. The fraction of sp³-hybridized carbons (Fsp3) is 0.200. The van der Waals surface area contributed by atoms with Gasteiger partial charge in [0, 0.05) is 11.1 Å². The fourth-order valence-corrected chi connectivity index (χ4v) is 2.77. The second-order valence-electron chi connectivity index (χ2n) is 6.50. The molecule has 0 fully saturated rings. The van der Waals surface area contributed by atoms with Crippen molar-refractivity contribution in [3.05, 3.63) is 90.0 Å². The number of carbonyl (C=O) groups is 2. The highest BCUT2D eigenvalue weighted by atomic mass is 35.5. The lowest BCUT2D eigenvalue weighted by atomic mass is 10.1. The van der Waals surface area contributed by atoms with Crippen LogP contribution < -0.4 is 9.47 Å². The summed E-state index contributed by atoms with van der Waals surface area (Å²) in [5.41, 5.74) is 1.33. The van der Waals surface area contributed by atoms with Crippen LogP contribution in [0.3, 0.4) is 0 Å². The summed E-state index contributed by atoms with van der Waals surface area (Å²) < 4.78 is 21.4. The zero-order valence-electron chi connectivity index (χ0n) is 17.8. The molecule has 0 bridgehead atoms. The van der Waals surface area contributed by atoms with E-state index >= 15 is 0 Å². The third-order valence-electron chi connectivity index (χ3n) is 4.17. The first-order valence-corrected chi connectivity index (χ1v) is 10.2. The van der Waals surface area contributed by atoms with Crippen molar-refractivity contribution in [3.63, 3.8) is 0 Å². The number of hydrogen-bond donors (Lipinski definition) is 0. The average Bonchev–Trinajstić information content (AvgIpc) is 2.80. The molecule has 0 amide bonds. The first-order chi connectivity index (χ1) is 15.5. The lowest BCUT2D eigenvalue weighted by molar-refractivity contribution is -0.150. The molecule has 168 valence electrons. The molecule has 0 aliphatic heterocycles. The van der Waals surface area contributed by atoms with E-state index in [2.05, 4.69) is 13.2 Å². The van der Waals surface area contributed by atoms with Crippen molar-refractivity contribution < 1.29 is 28.5 Å². The molecule has 0 heterocycles. The van der Waals surface area contributed by atoms with Crippen molar-refractivity contribution in [3.8, 4) is 11.5 Å².